The number of hydrogen-bond acceptors (Lipinski definition) is 4. The van der Waals surface area contributed by atoms with Gasteiger partial charge in [-0.15, -0.1) is 0 Å². The Balaban J connectivity index is 1.85. The summed E-state index contributed by atoms with van der Waals surface area (Å²) in [4.78, 5) is 30.3. The van der Waals surface area contributed by atoms with Gasteiger partial charge in [0.25, 0.3) is 5.91 Å². The van der Waals surface area contributed by atoms with Gasteiger partial charge in [-0.3, -0.25) is 4.79 Å². The van der Waals surface area contributed by atoms with Gasteiger partial charge < -0.3 is 15.3 Å². The lowest BCUT2D eigenvalue weighted by atomic mass is 10.1. The topological polar surface area (TPSA) is 82.5 Å². The summed E-state index contributed by atoms with van der Waals surface area (Å²) in [5.74, 6) is -1.74. The minimum atomic E-state index is -1.14. The lowest BCUT2D eigenvalue weighted by molar-refractivity contribution is 0.0696. The summed E-state index contributed by atoms with van der Waals surface area (Å²) in [5, 5.41) is 12.3. The van der Waals surface area contributed by atoms with Crippen LogP contribution in [-0.2, 0) is 6.54 Å². The second-order valence-electron chi connectivity index (χ2n) is 6.36. The second kappa shape index (κ2) is 8.97. The maximum absolute atomic E-state index is 13.0. The number of aromatic carboxylic acids is 1. The van der Waals surface area contributed by atoms with Crippen LogP contribution in [0.25, 0.3) is 0 Å². The van der Waals surface area contributed by atoms with E-state index in [1.165, 1.54) is 36.5 Å². The Hall–Kier alpha value is -3.74. The molecule has 2 N–H and O–H groups in total. The minimum absolute atomic E-state index is 0.0142. The Morgan fingerprint density at radius 1 is 1.10 bits per heavy atom. The molecule has 0 atom stereocenters. The van der Waals surface area contributed by atoms with Crippen LogP contribution < -0.4 is 10.2 Å². The second-order valence-corrected chi connectivity index (χ2v) is 6.36. The van der Waals surface area contributed by atoms with E-state index in [-0.39, 0.29) is 16.8 Å². The number of carboxylic acids is 1. The van der Waals surface area contributed by atoms with E-state index in [1.807, 2.05) is 42.2 Å². The van der Waals surface area contributed by atoms with Gasteiger partial charge in [-0.2, -0.15) is 0 Å². The van der Waals surface area contributed by atoms with Gasteiger partial charge in [0.1, 0.15) is 17.2 Å². The molecule has 0 saturated carbocycles. The van der Waals surface area contributed by atoms with E-state index in [1.54, 1.807) is 0 Å². The molecule has 3 aromatic rings. The van der Waals surface area contributed by atoms with Crippen molar-refractivity contribution in [2.45, 2.75) is 13.5 Å². The van der Waals surface area contributed by atoms with Gasteiger partial charge in [0.05, 0.1) is 11.9 Å². The zero-order chi connectivity index (χ0) is 20.8. The largest absolute Gasteiger partial charge is 0.478 e. The average molecular weight is 393 g/mol. The first-order valence-electron chi connectivity index (χ1n) is 9.07. The standard InChI is InChI=1S/C22H20FN3O3/c1-2-26(14-15-6-4-3-5-7-15)20-19(22(28)29)12-18(13-24-20)25-21(27)16-8-10-17(23)11-9-16/h3-13H,2,14H2,1H3,(H,25,27)(H,28,29). The van der Waals surface area contributed by atoms with Crippen molar-refractivity contribution in [2.24, 2.45) is 0 Å². The molecule has 7 heteroatoms. The lowest BCUT2D eigenvalue weighted by Crippen LogP contribution is -2.25. The SMILES string of the molecule is CCN(Cc1ccccc1)c1ncc(NC(=O)c2ccc(F)cc2)cc1C(=O)O. The van der Waals surface area contributed by atoms with Crippen molar-refractivity contribution >= 4 is 23.4 Å². The van der Waals surface area contributed by atoms with Crippen molar-refractivity contribution in [1.29, 1.82) is 0 Å². The van der Waals surface area contributed by atoms with Gasteiger partial charge in [0.15, 0.2) is 0 Å². The molecular formula is C22H20FN3O3. The molecule has 2 aromatic carbocycles. The Labute approximate surface area is 167 Å². The number of pyridine rings is 1. The fraction of sp³-hybridized carbons (Fsp3) is 0.136. The molecule has 0 spiro atoms. The summed E-state index contributed by atoms with van der Waals surface area (Å²) >= 11 is 0. The fourth-order valence-corrected chi connectivity index (χ4v) is 2.88. The van der Waals surface area contributed by atoms with E-state index in [9.17, 15) is 19.1 Å². The van der Waals surface area contributed by atoms with Crippen molar-refractivity contribution in [1.82, 2.24) is 4.98 Å². The quantitative estimate of drug-likeness (QED) is 0.629. The normalized spacial score (nSPS) is 10.4. The summed E-state index contributed by atoms with van der Waals surface area (Å²) in [6.45, 7) is 2.98. The van der Waals surface area contributed by atoms with Gasteiger partial charge in [-0.05, 0) is 42.8 Å². The van der Waals surface area contributed by atoms with Gasteiger partial charge in [-0.25, -0.2) is 14.2 Å². The van der Waals surface area contributed by atoms with Crippen molar-refractivity contribution in [2.75, 3.05) is 16.8 Å². The highest BCUT2D eigenvalue weighted by Gasteiger charge is 2.19. The number of carbonyl (C=O) groups excluding carboxylic acids is 1. The summed E-state index contributed by atoms with van der Waals surface area (Å²) in [6, 6.07) is 16.1. The number of nitrogens with zero attached hydrogens (tertiary/aromatic N) is 2. The molecule has 0 fully saturated rings. The van der Waals surface area contributed by atoms with Crippen LogP contribution in [0.1, 0.15) is 33.2 Å². The number of halogens is 1. The monoisotopic (exact) mass is 393 g/mol. The Morgan fingerprint density at radius 2 is 1.79 bits per heavy atom. The van der Waals surface area contributed by atoms with Crippen LogP contribution in [0.2, 0.25) is 0 Å². The highest BCUT2D eigenvalue weighted by atomic mass is 19.1. The van der Waals surface area contributed by atoms with Crippen LogP contribution in [0.4, 0.5) is 15.9 Å². The molecule has 0 unspecified atom stereocenters. The average Bonchev–Trinajstić information content (AvgIpc) is 2.73. The highest BCUT2D eigenvalue weighted by Crippen LogP contribution is 2.23. The lowest BCUT2D eigenvalue weighted by Gasteiger charge is -2.24. The van der Waals surface area contributed by atoms with Gasteiger partial charge in [-0.1, -0.05) is 30.3 Å². The minimum Gasteiger partial charge on any atom is -0.478 e. The Kier molecular flexibility index (Phi) is 6.19. The molecule has 148 valence electrons. The van der Waals surface area contributed by atoms with E-state index in [0.717, 1.165) is 5.56 Å². The molecule has 1 heterocycles. The smallest absolute Gasteiger partial charge is 0.339 e. The summed E-state index contributed by atoms with van der Waals surface area (Å²) in [6.07, 6.45) is 1.41. The zero-order valence-corrected chi connectivity index (χ0v) is 15.8. The van der Waals surface area contributed by atoms with Crippen molar-refractivity contribution in [3.63, 3.8) is 0 Å². The van der Waals surface area contributed by atoms with E-state index >= 15 is 0 Å². The number of aromatic nitrogens is 1. The summed E-state index contributed by atoms with van der Waals surface area (Å²) in [5.41, 5.74) is 1.52. The molecule has 1 amide bonds. The Morgan fingerprint density at radius 3 is 2.41 bits per heavy atom. The third-order valence-corrected chi connectivity index (χ3v) is 4.36. The molecule has 0 aliphatic carbocycles. The number of rotatable bonds is 7. The molecule has 0 bridgehead atoms. The third-order valence-electron chi connectivity index (χ3n) is 4.36. The number of amides is 1. The number of hydrogen-bond donors (Lipinski definition) is 2. The first-order chi connectivity index (χ1) is 14.0. The van der Waals surface area contributed by atoms with Crippen LogP contribution in [0.3, 0.4) is 0 Å². The summed E-state index contributed by atoms with van der Waals surface area (Å²) in [7, 11) is 0. The first-order valence-corrected chi connectivity index (χ1v) is 9.07. The molecular weight excluding hydrogens is 373 g/mol. The molecule has 0 aliphatic heterocycles. The number of carboxylic acid groups (broad SMARTS) is 1. The maximum Gasteiger partial charge on any atom is 0.339 e. The van der Waals surface area contributed by atoms with Crippen LogP contribution >= 0.6 is 0 Å². The highest BCUT2D eigenvalue weighted by molar-refractivity contribution is 6.05. The predicted molar refractivity (Wildman–Crippen MR) is 109 cm³/mol. The number of carbonyl (C=O) groups is 2. The van der Waals surface area contributed by atoms with Gasteiger partial charge in [0, 0.05) is 18.7 Å². The molecule has 0 aliphatic rings. The van der Waals surface area contributed by atoms with Crippen molar-refractivity contribution < 1.29 is 19.1 Å². The number of benzene rings is 2. The first kappa shape index (κ1) is 20.0. The molecule has 1 aromatic heterocycles. The molecule has 0 saturated heterocycles. The maximum atomic E-state index is 13.0. The van der Waals surface area contributed by atoms with E-state index < -0.39 is 17.7 Å². The predicted octanol–water partition coefficient (Wildman–Crippen LogP) is 4.20. The number of nitrogens with one attached hydrogen (secondary N) is 1. The molecule has 6 nitrogen and oxygen atoms in total. The molecule has 29 heavy (non-hydrogen) atoms. The zero-order valence-electron chi connectivity index (χ0n) is 15.8. The van der Waals surface area contributed by atoms with Crippen LogP contribution in [-0.4, -0.2) is 28.5 Å². The molecule has 0 radical (unpaired) electrons. The molecule has 3 rings (SSSR count). The van der Waals surface area contributed by atoms with Crippen molar-refractivity contribution in [3.05, 3.63) is 89.4 Å². The van der Waals surface area contributed by atoms with Gasteiger partial charge >= 0.3 is 5.97 Å². The van der Waals surface area contributed by atoms with E-state index in [2.05, 4.69) is 10.3 Å². The fourth-order valence-electron chi connectivity index (χ4n) is 2.88. The van der Waals surface area contributed by atoms with Crippen molar-refractivity contribution in [3.8, 4) is 0 Å². The summed E-state index contributed by atoms with van der Waals surface area (Å²) < 4.78 is 13.0. The Bertz CT molecular complexity index is 1010. The van der Waals surface area contributed by atoms with Crippen LogP contribution in [0, 0.1) is 5.82 Å². The van der Waals surface area contributed by atoms with Crippen LogP contribution in [0.15, 0.2) is 66.9 Å². The third kappa shape index (κ3) is 4.95. The van der Waals surface area contributed by atoms with E-state index in [0.29, 0.717) is 18.9 Å². The number of anilines is 2. The van der Waals surface area contributed by atoms with E-state index in [4.69, 9.17) is 0 Å². The van der Waals surface area contributed by atoms with Gasteiger partial charge in [0.2, 0.25) is 0 Å². The van der Waals surface area contributed by atoms with Crippen LogP contribution in [0.5, 0.6) is 0 Å².